The normalized spacial score (nSPS) is 11.7. The van der Waals surface area contributed by atoms with Gasteiger partial charge in [0.15, 0.2) is 0 Å². The minimum Gasteiger partial charge on any atom is -0.486 e. The Bertz CT molecular complexity index is 914. The minimum absolute atomic E-state index is 0.250. The molecule has 3 aromatic rings. The quantitative estimate of drug-likeness (QED) is 0.597. The molecule has 158 valence electrons. The lowest BCUT2D eigenvalue weighted by atomic mass is 10.1. The van der Waals surface area contributed by atoms with Crippen molar-refractivity contribution in [3.8, 4) is 5.75 Å². The number of aryl methyl sites for hydroxylation is 1. The molecule has 0 unspecified atom stereocenters. The van der Waals surface area contributed by atoms with Crippen LogP contribution in [0.1, 0.15) is 17.0 Å². The Hall–Kier alpha value is -4.02. The highest BCUT2D eigenvalue weighted by Gasteiger charge is 2.24. The van der Waals surface area contributed by atoms with Crippen LogP contribution in [0.15, 0.2) is 43.1 Å². The summed E-state index contributed by atoms with van der Waals surface area (Å²) in [6.45, 7) is 1.62. The standard InChI is InChI=1S/C17H18N6O.2CH2O2/c1-22-16-4-8-23(17-10-19-6-7-20-17)11-14(16)15(21-22)12-24-13-3-2-5-18-9-13;2*2-1-3/h2-3,5-7,9-10H,4,8,11-12H2,1H3;2*1H,(H,2,3). The summed E-state index contributed by atoms with van der Waals surface area (Å²) in [6, 6.07) is 3.76. The van der Waals surface area contributed by atoms with Crippen molar-refractivity contribution in [1.82, 2.24) is 24.7 Å². The van der Waals surface area contributed by atoms with Crippen LogP contribution in [0.5, 0.6) is 5.75 Å². The van der Waals surface area contributed by atoms with E-state index in [9.17, 15) is 0 Å². The van der Waals surface area contributed by atoms with Crippen LogP contribution in [-0.2, 0) is 36.2 Å². The third kappa shape index (κ3) is 5.99. The molecule has 0 aromatic carbocycles. The van der Waals surface area contributed by atoms with E-state index in [0.717, 1.165) is 36.8 Å². The van der Waals surface area contributed by atoms with E-state index < -0.39 is 0 Å². The summed E-state index contributed by atoms with van der Waals surface area (Å²) >= 11 is 0. The topological polar surface area (TPSA) is 144 Å². The Kier molecular flexibility index (Phi) is 8.72. The van der Waals surface area contributed by atoms with E-state index >= 15 is 0 Å². The molecule has 4 heterocycles. The van der Waals surface area contributed by atoms with E-state index in [1.165, 1.54) is 11.3 Å². The van der Waals surface area contributed by atoms with E-state index in [4.69, 9.17) is 24.5 Å². The van der Waals surface area contributed by atoms with Gasteiger partial charge in [0.2, 0.25) is 0 Å². The molecular formula is C19H22N6O5. The molecule has 2 N–H and O–H groups in total. The number of carboxylic acid groups (broad SMARTS) is 2. The van der Waals surface area contributed by atoms with E-state index in [2.05, 4.69) is 25.0 Å². The minimum atomic E-state index is -0.250. The Morgan fingerprint density at radius 2 is 1.87 bits per heavy atom. The molecule has 4 rings (SSSR count). The van der Waals surface area contributed by atoms with Crippen molar-refractivity contribution >= 4 is 18.8 Å². The highest BCUT2D eigenvalue weighted by molar-refractivity contribution is 5.42. The van der Waals surface area contributed by atoms with Crippen LogP contribution in [0.2, 0.25) is 0 Å². The monoisotopic (exact) mass is 414 g/mol. The van der Waals surface area contributed by atoms with Crippen LogP contribution in [-0.4, -0.2) is 54.4 Å². The van der Waals surface area contributed by atoms with Crippen LogP contribution in [0.25, 0.3) is 0 Å². The maximum atomic E-state index is 8.36. The number of nitrogens with zero attached hydrogens (tertiary/aromatic N) is 6. The van der Waals surface area contributed by atoms with Crippen molar-refractivity contribution in [2.75, 3.05) is 11.4 Å². The molecule has 0 amide bonds. The summed E-state index contributed by atoms with van der Waals surface area (Å²) in [5.74, 6) is 1.64. The lowest BCUT2D eigenvalue weighted by Crippen LogP contribution is -2.31. The number of anilines is 1. The Balaban J connectivity index is 0.000000480. The van der Waals surface area contributed by atoms with Gasteiger partial charge in [-0.05, 0) is 12.1 Å². The number of rotatable bonds is 4. The molecule has 0 spiro atoms. The molecule has 11 heteroatoms. The van der Waals surface area contributed by atoms with Crippen molar-refractivity contribution < 1.29 is 24.5 Å². The fourth-order valence-electron chi connectivity index (χ4n) is 3.02. The maximum Gasteiger partial charge on any atom is 0.290 e. The molecule has 0 aliphatic carbocycles. The highest BCUT2D eigenvalue weighted by Crippen LogP contribution is 2.25. The fraction of sp³-hybridized carbons (Fsp3) is 0.263. The predicted molar refractivity (Wildman–Crippen MR) is 106 cm³/mol. The molecule has 0 saturated carbocycles. The number of ether oxygens (including phenoxy) is 1. The second-order valence-electron chi connectivity index (χ2n) is 5.92. The summed E-state index contributed by atoms with van der Waals surface area (Å²) in [7, 11) is 1.99. The molecule has 11 nitrogen and oxygen atoms in total. The number of aromatic nitrogens is 5. The molecule has 0 saturated heterocycles. The van der Waals surface area contributed by atoms with Crippen molar-refractivity contribution in [2.45, 2.75) is 19.6 Å². The van der Waals surface area contributed by atoms with Gasteiger partial charge >= 0.3 is 0 Å². The molecule has 0 radical (unpaired) electrons. The lowest BCUT2D eigenvalue weighted by molar-refractivity contribution is -0.123. The second kappa shape index (κ2) is 11.7. The van der Waals surface area contributed by atoms with Crippen LogP contribution >= 0.6 is 0 Å². The van der Waals surface area contributed by atoms with Crippen molar-refractivity contribution in [1.29, 1.82) is 0 Å². The maximum absolute atomic E-state index is 8.36. The third-order valence-electron chi connectivity index (χ3n) is 4.21. The number of carbonyl (C=O) groups is 2. The van der Waals surface area contributed by atoms with E-state index in [1.54, 1.807) is 31.0 Å². The molecule has 0 bridgehead atoms. The van der Waals surface area contributed by atoms with Gasteiger partial charge in [-0.15, -0.1) is 0 Å². The zero-order valence-electron chi connectivity index (χ0n) is 16.3. The number of hydrogen-bond donors (Lipinski definition) is 2. The largest absolute Gasteiger partial charge is 0.486 e. The smallest absolute Gasteiger partial charge is 0.290 e. The van der Waals surface area contributed by atoms with Crippen molar-refractivity contribution in [3.05, 3.63) is 60.1 Å². The molecule has 1 aliphatic heterocycles. The molecule has 30 heavy (non-hydrogen) atoms. The first-order chi connectivity index (χ1) is 14.6. The van der Waals surface area contributed by atoms with Gasteiger partial charge in [0, 0.05) is 56.4 Å². The SMILES string of the molecule is Cn1nc(COc2cccnc2)c2c1CCN(c1cnccn1)C2.O=CO.O=CO. The van der Waals surface area contributed by atoms with Gasteiger partial charge in [-0.25, -0.2) is 4.98 Å². The summed E-state index contributed by atoms with van der Waals surface area (Å²) in [5.41, 5.74) is 3.45. The molecule has 1 aliphatic rings. The fourth-order valence-corrected chi connectivity index (χ4v) is 3.02. The lowest BCUT2D eigenvalue weighted by Gasteiger charge is -2.28. The van der Waals surface area contributed by atoms with Gasteiger partial charge in [-0.3, -0.25) is 24.2 Å². The number of fused-ring (bicyclic) bond motifs is 1. The van der Waals surface area contributed by atoms with Crippen molar-refractivity contribution in [3.63, 3.8) is 0 Å². The summed E-state index contributed by atoms with van der Waals surface area (Å²) in [5, 5.41) is 18.4. The predicted octanol–water partition coefficient (Wildman–Crippen LogP) is 1.15. The van der Waals surface area contributed by atoms with Crippen LogP contribution in [0, 0.1) is 0 Å². The molecule has 0 fully saturated rings. The van der Waals surface area contributed by atoms with Gasteiger partial charge in [0.25, 0.3) is 12.9 Å². The van der Waals surface area contributed by atoms with E-state index in [1.807, 2.05) is 23.9 Å². The zero-order chi connectivity index (χ0) is 21.8. The number of pyridine rings is 1. The second-order valence-corrected chi connectivity index (χ2v) is 5.92. The van der Waals surface area contributed by atoms with Crippen LogP contribution in [0.3, 0.4) is 0 Å². The number of hydrogen-bond acceptors (Lipinski definition) is 8. The first-order valence-electron chi connectivity index (χ1n) is 8.87. The van der Waals surface area contributed by atoms with E-state index in [-0.39, 0.29) is 12.9 Å². The average molecular weight is 414 g/mol. The van der Waals surface area contributed by atoms with Gasteiger partial charge in [-0.1, -0.05) is 0 Å². The van der Waals surface area contributed by atoms with Crippen molar-refractivity contribution in [2.24, 2.45) is 7.05 Å². The highest BCUT2D eigenvalue weighted by atomic mass is 16.5. The van der Waals surface area contributed by atoms with E-state index in [0.29, 0.717) is 6.61 Å². The zero-order valence-corrected chi connectivity index (χ0v) is 16.3. The third-order valence-corrected chi connectivity index (χ3v) is 4.21. The summed E-state index contributed by atoms with van der Waals surface area (Å²) in [4.78, 5) is 31.6. The van der Waals surface area contributed by atoms with Gasteiger partial charge < -0.3 is 19.8 Å². The van der Waals surface area contributed by atoms with Crippen LogP contribution in [0.4, 0.5) is 5.82 Å². The average Bonchev–Trinajstić information content (AvgIpc) is 3.10. The van der Waals surface area contributed by atoms with Crippen LogP contribution < -0.4 is 9.64 Å². The van der Waals surface area contributed by atoms with Gasteiger partial charge in [-0.2, -0.15) is 5.10 Å². The van der Waals surface area contributed by atoms with Gasteiger partial charge in [0.05, 0.1) is 12.4 Å². The summed E-state index contributed by atoms with van der Waals surface area (Å²) < 4.78 is 7.79. The first-order valence-corrected chi connectivity index (χ1v) is 8.87. The van der Waals surface area contributed by atoms with Gasteiger partial charge in [0.1, 0.15) is 23.9 Å². The summed E-state index contributed by atoms with van der Waals surface area (Å²) in [6.07, 6.45) is 9.58. The molecular weight excluding hydrogens is 392 g/mol. The Labute approximate surface area is 172 Å². The first kappa shape index (κ1) is 22.3. The molecule has 3 aromatic heterocycles. The molecule has 0 atom stereocenters. The Morgan fingerprint density at radius 1 is 1.13 bits per heavy atom. The Morgan fingerprint density at radius 3 is 2.50 bits per heavy atom.